The van der Waals surface area contributed by atoms with Crippen LogP contribution >= 0.6 is 11.8 Å². The molecular formula is C21H23N3O3S. The maximum atomic E-state index is 12.9. The fraction of sp³-hybridized carbons (Fsp3) is 0.286. The Balaban J connectivity index is 1.61. The maximum Gasteiger partial charge on any atom is 0.256 e. The fourth-order valence-electron chi connectivity index (χ4n) is 2.64. The molecule has 146 valence electrons. The van der Waals surface area contributed by atoms with Crippen LogP contribution in [0.5, 0.6) is 5.75 Å². The van der Waals surface area contributed by atoms with Gasteiger partial charge in [0, 0.05) is 24.6 Å². The number of aromatic nitrogens is 2. The summed E-state index contributed by atoms with van der Waals surface area (Å²) in [5.41, 5.74) is 2.49. The second-order valence-electron chi connectivity index (χ2n) is 6.34. The van der Waals surface area contributed by atoms with E-state index in [9.17, 15) is 4.79 Å². The number of benzene rings is 1. The van der Waals surface area contributed by atoms with Crippen LogP contribution in [0.4, 0.5) is 0 Å². The first kappa shape index (κ1) is 19.9. The van der Waals surface area contributed by atoms with Crippen LogP contribution in [0.15, 0.2) is 58.2 Å². The molecule has 0 N–H and O–H groups in total. The first-order valence-electron chi connectivity index (χ1n) is 8.99. The van der Waals surface area contributed by atoms with E-state index >= 15 is 0 Å². The fourth-order valence-corrected chi connectivity index (χ4v) is 3.78. The largest absolute Gasteiger partial charge is 0.492 e. The van der Waals surface area contributed by atoms with E-state index in [-0.39, 0.29) is 5.91 Å². The summed E-state index contributed by atoms with van der Waals surface area (Å²) in [5, 5.41) is 4.67. The zero-order valence-corrected chi connectivity index (χ0v) is 17.0. The Bertz CT molecular complexity index is 908. The Morgan fingerprint density at radius 3 is 2.68 bits per heavy atom. The Morgan fingerprint density at radius 2 is 1.96 bits per heavy atom. The number of amides is 1. The van der Waals surface area contributed by atoms with Gasteiger partial charge in [0.05, 0.1) is 17.8 Å². The van der Waals surface area contributed by atoms with Gasteiger partial charge >= 0.3 is 0 Å². The number of aryl methyl sites for hydroxylation is 2. The van der Waals surface area contributed by atoms with Gasteiger partial charge in [0.15, 0.2) is 0 Å². The molecule has 0 fully saturated rings. The predicted octanol–water partition coefficient (Wildman–Crippen LogP) is 4.13. The number of hydrogen-bond acceptors (Lipinski definition) is 6. The number of likely N-dealkylation sites (N-methyl/N-ethyl adjacent to an activating group) is 1. The van der Waals surface area contributed by atoms with E-state index in [1.807, 2.05) is 44.2 Å². The van der Waals surface area contributed by atoms with E-state index in [4.69, 9.17) is 9.26 Å². The third kappa shape index (κ3) is 4.92. The molecule has 3 aromatic rings. The Kier molecular flexibility index (Phi) is 6.71. The lowest BCUT2D eigenvalue weighted by molar-refractivity contribution is 0.0769. The van der Waals surface area contributed by atoms with Crippen LogP contribution in [-0.4, -0.2) is 41.1 Å². The molecule has 0 bridgehead atoms. The summed E-state index contributed by atoms with van der Waals surface area (Å²) < 4.78 is 10.9. The van der Waals surface area contributed by atoms with Gasteiger partial charge in [-0.15, -0.1) is 11.8 Å². The van der Waals surface area contributed by atoms with E-state index in [0.29, 0.717) is 29.5 Å². The lowest BCUT2D eigenvalue weighted by Crippen LogP contribution is -2.31. The number of pyridine rings is 1. The van der Waals surface area contributed by atoms with Gasteiger partial charge in [-0.1, -0.05) is 23.4 Å². The number of ether oxygens (including phenoxy) is 1. The van der Waals surface area contributed by atoms with Crippen LogP contribution in [0, 0.1) is 13.8 Å². The number of carbonyl (C=O) groups excluding carboxylic acids is 1. The maximum absolute atomic E-state index is 12.9. The number of rotatable bonds is 8. The highest BCUT2D eigenvalue weighted by Crippen LogP contribution is 2.27. The Morgan fingerprint density at radius 1 is 1.18 bits per heavy atom. The molecule has 0 atom stereocenters. The van der Waals surface area contributed by atoms with Crippen molar-refractivity contribution in [3.63, 3.8) is 0 Å². The van der Waals surface area contributed by atoms with Crippen molar-refractivity contribution in [2.75, 3.05) is 20.2 Å². The lowest BCUT2D eigenvalue weighted by Gasteiger charge is -2.18. The molecule has 1 amide bonds. The topological polar surface area (TPSA) is 68.5 Å². The van der Waals surface area contributed by atoms with Gasteiger partial charge in [-0.2, -0.15) is 0 Å². The smallest absolute Gasteiger partial charge is 0.256 e. The number of para-hydroxylation sites is 1. The highest BCUT2D eigenvalue weighted by molar-refractivity contribution is 7.98. The van der Waals surface area contributed by atoms with Gasteiger partial charge in [-0.3, -0.25) is 4.79 Å². The summed E-state index contributed by atoms with van der Waals surface area (Å²) in [6, 6.07) is 13.1. The third-order valence-corrected chi connectivity index (χ3v) is 5.35. The summed E-state index contributed by atoms with van der Waals surface area (Å²) >= 11 is 1.51. The average molecular weight is 398 g/mol. The van der Waals surface area contributed by atoms with E-state index in [0.717, 1.165) is 22.8 Å². The third-order valence-electron chi connectivity index (χ3n) is 4.32. The van der Waals surface area contributed by atoms with Crippen molar-refractivity contribution >= 4 is 17.7 Å². The van der Waals surface area contributed by atoms with Gasteiger partial charge in [0.1, 0.15) is 23.1 Å². The molecule has 0 saturated carbocycles. The van der Waals surface area contributed by atoms with Gasteiger partial charge < -0.3 is 14.2 Å². The summed E-state index contributed by atoms with van der Waals surface area (Å²) in [5.74, 6) is 2.16. The molecule has 2 aromatic heterocycles. The van der Waals surface area contributed by atoms with Crippen molar-refractivity contribution in [3.05, 3.63) is 71.2 Å². The highest BCUT2D eigenvalue weighted by atomic mass is 32.2. The molecule has 7 heteroatoms. The van der Waals surface area contributed by atoms with Crippen molar-refractivity contribution in [1.29, 1.82) is 0 Å². The minimum atomic E-state index is -0.0778. The molecule has 0 radical (unpaired) electrons. The molecule has 0 spiro atoms. The van der Waals surface area contributed by atoms with Crippen molar-refractivity contribution < 1.29 is 14.1 Å². The first-order valence-corrected chi connectivity index (χ1v) is 9.97. The van der Waals surface area contributed by atoms with E-state index in [1.165, 1.54) is 11.8 Å². The molecular weight excluding hydrogens is 374 g/mol. The lowest BCUT2D eigenvalue weighted by atomic mass is 10.2. The van der Waals surface area contributed by atoms with Crippen molar-refractivity contribution in [3.8, 4) is 5.75 Å². The van der Waals surface area contributed by atoms with Crippen LogP contribution in [-0.2, 0) is 5.75 Å². The number of nitrogens with zero attached hydrogens (tertiary/aromatic N) is 3. The average Bonchev–Trinajstić information content (AvgIpc) is 3.04. The van der Waals surface area contributed by atoms with Crippen LogP contribution in [0.2, 0.25) is 0 Å². The number of thioether (sulfide) groups is 1. The van der Waals surface area contributed by atoms with Crippen molar-refractivity contribution in [2.45, 2.75) is 24.6 Å². The number of hydrogen-bond donors (Lipinski definition) is 0. The van der Waals surface area contributed by atoms with Gasteiger partial charge in [-0.25, -0.2) is 4.98 Å². The van der Waals surface area contributed by atoms with E-state index in [2.05, 4.69) is 10.1 Å². The molecule has 0 aliphatic carbocycles. The normalized spacial score (nSPS) is 10.7. The second-order valence-corrected chi connectivity index (χ2v) is 7.30. The van der Waals surface area contributed by atoms with Gasteiger partial charge in [-0.05, 0) is 38.1 Å². The number of carbonyl (C=O) groups is 1. The Hall–Kier alpha value is -2.80. The van der Waals surface area contributed by atoms with Crippen molar-refractivity contribution in [1.82, 2.24) is 15.0 Å². The molecule has 6 nitrogen and oxygen atoms in total. The van der Waals surface area contributed by atoms with Crippen molar-refractivity contribution in [2.24, 2.45) is 0 Å². The van der Waals surface area contributed by atoms with Crippen LogP contribution in [0.3, 0.4) is 0 Å². The van der Waals surface area contributed by atoms with Gasteiger partial charge in [0.25, 0.3) is 5.91 Å². The van der Waals surface area contributed by atoms with Crippen LogP contribution < -0.4 is 4.74 Å². The minimum Gasteiger partial charge on any atom is -0.492 e. The van der Waals surface area contributed by atoms with Crippen LogP contribution in [0.1, 0.15) is 27.4 Å². The predicted molar refractivity (Wildman–Crippen MR) is 109 cm³/mol. The molecule has 0 aliphatic rings. The molecule has 2 heterocycles. The quantitative estimate of drug-likeness (QED) is 0.533. The second kappa shape index (κ2) is 9.41. The molecule has 3 rings (SSSR count). The summed E-state index contributed by atoms with van der Waals surface area (Å²) in [7, 11) is 1.77. The first-order chi connectivity index (χ1) is 13.6. The zero-order valence-electron chi connectivity index (χ0n) is 16.2. The summed E-state index contributed by atoms with van der Waals surface area (Å²) in [4.78, 5) is 18.9. The highest BCUT2D eigenvalue weighted by Gasteiger charge is 2.18. The summed E-state index contributed by atoms with van der Waals surface area (Å²) in [6.07, 6.45) is 1.70. The summed E-state index contributed by atoms with van der Waals surface area (Å²) in [6.45, 7) is 4.71. The molecule has 28 heavy (non-hydrogen) atoms. The van der Waals surface area contributed by atoms with Gasteiger partial charge in [0.2, 0.25) is 0 Å². The molecule has 0 aliphatic heterocycles. The van der Waals surface area contributed by atoms with E-state index in [1.54, 1.807) is 30.3 Å². The molecule has 0 saturated heterocycles. The molecule has 1 aromatic carbocycles. The minimum absolute atomic E-state index is 0.0778. The molecule has 0 unspecified atom stereocenters. The van der Waals surface area contributed by atoms with Crippen LogP contribution in [0.25, 0.3) is 0 Å². The van der Waals surface area contributed by atoms with E-state index < -0.39 is 0 Å². The monoisotopic (exact) mass is 397 g/mol. The zero-order chi connectivity index (χ0) is 19.9. The standard InChI is InChI=1S/C21H23N3O3S/c1-15-19(16(2)27-23-15)14-28-20-18(10-7-11-22-20)21(25)24(3)12-13-26-17-8-5-4-6-9-17/h4-11H,12-14H2,1-3H3. The SMILES string of the molecule is Cc1noc(C)c1CSc1ncccc1C(=O)N(C)CCOc1ccccc1. The Labute approximate surface area is 168 Å².